The molecule has 2 rings (SSSR count). The minimum absolute atomic E-state index is 0.318. The zero-order valence-corrected chi connectivity index (χ0v) is 10.2. The average molecular weight is 216 g/mol. The van der Waals surface area contributed by atoms with Gasteiger partial charge in [0.2, 0.25) is 0 Å². The van der Waals surface area contributed by atoms with Gasteiger partial charge in [0.1, 0.15) is 5.78 Å². The van der Waals surface area contributed by atoms with E-state index in [4.69, 9.17) is 0 Å². The summed E-state index contributed by atoms with van der Waals surface area (Å²) in [6, 6.07) is 0. The van der Waals surface area contributed by atoms with Crippen molar-refractivity contribution < 1.29 is 4.79 Å². The number of hydrogen-bond donors (Lipinski definition) is 0. The molecule has 0 aromatic rings. The molecule has 0 radical (unpaired) electrons. The Morgan fingerprint density at radius 2 is 2.19 bits per heavy atom. The van der Waals surface area contributed by atoms with Crippen LogP contribution >= 0.6 is 0 Å². The van der Waals surface area contributed by atoms with Crippen molar-refractivity contribution in [1.82, 2.24) is 0 Å². The minimum atomic E-state index is -0.318. The SMILES string of the molecule is CCCC[C@H]1CC(=O)[C@@]2(C)C=CC=CC=C12. The average Bonchev–Trinajstić information content (AvgIpc) is 2.44. The summed E-state index contributed by atoms with van der Waals surface area (Å²) in [5, 5.41) is 0. The lowest BCUT2D eigenvalue weighted by Crippen LogP contribution is -2.20. The minimum Gasteiger partial charge on any atom is -0.298 e. The summed E-state index contributed by atoms with van der Waals surface area (Å²) in [6.07, 6.45) is 14.6. The van der Waals surface area contributed by atoms with E-state index in [0.29, 0.717) is 11.7 Å². The summed E-state index contributed by atoms with van der Waals surface area (Å²) >= 11 is 0. The number of Topliss-reactive ketones (excluding diaryl/α,β-unsaturated/α-hetero) is 1. The first-order chi connectivity index (χ1) is 7.68. The van der Waals surface area contributed by atoms with Crippen molar-refractivity contribution in [2.75, 3.05) is 0 Å². The predicted octanol–water partition coefficient (Wildman–Crippen LogP) is 3.82. The highest BCUT2D eigenvalue weighted by Gasteiger charge is 2.44. The van der Waals surface area contributed by atoms with E-state index >= 15 is 0 Å². The molecule has 1 saturated carbocycles. The van der Waals surface area contributed by atoms with E-state index in [-0.39, 0.29) is 5.41 Å². The van der Waals surface area contributed by atoms with Crippen LogP contribution in [-0.4, -0.2) is 5.78 Å². The lowest BCUT2D eigenvalue weighted by Gasteiger charge is -2.21. The van der Waals surface area contributed by atoms with Crippen LogP contribution in [-0.2, 0) is 4.79 Å². The molecule has 0 saturated heterocycles. The third kappa shape index (κ3) is 1.79. The molecule has 2 atom stereocenters. The second-order valence-electron chi connectivity index (χ2n) is 5.03. The molecule has 0 aromatic carbocycles. The van der Waals surface area contributed by atoms with Crippen molar-refractivity contribution >= 4 is 5.78 Å². The largest absolute Gasteiger partial charge is 0.298 e. The quantitative estimate of drug-likeness (QED) is 0.701. The maximum atomic E-state index is 12.1. The molecule has 0 amide bonds. The molecule has 86 valence electrons. The van der Waals surface area contributed by atoms with E-state index in [1.807, 2.05) is 12.2 Å². The highest BCUT2D eigenvalue weighted by molar-refractivity contribution is 5.93. The number of carbonyl (C=O) groups excluding carboxylic acids is 1. The number of carbonyl (C=O) groups is 1. The van der Waals surface area contributed by atoms with E-state index in [1.54, 1.807) is 0 Å². The second-order valence-corrected chi connectivity index (χ2v) is 5.03. The fraction of sp³-hybridized carbons (Fsp3) is 0.533. The van der Waals surface area contributed by atoms with Crippen molar-refractivity contribution in [3.05, 3.63) is 36.0 Å². The maximum Gasteiger partial charge on any atom is 0.147 e. The second kappa shape index (κ2) is 4.40. The lowest BCUT2D eigenvalue weighted by molar-refractivity contribution is -0.122. The van der Waals surface area contributed by atoms with Crippen LogP contribution < -0.4 is 0 Å². The normalized spacial score (nSPS) is 32.5. The van der Waals surface area contributed by atoms with Crippen LogP contribution in [0.25, 0.3) is 0 Å². The van der Waals surface area contributed by atoms with Crippen molar-refractivity contribution in [1.29, 1.82) is 0 Å². The van der Waals surface area contributed by atoms with Gasteiger partial charge in [0.15, 0.2) is 0 Å². The first-order valence-electron chi connectivity index (χ1n) is 6.28. The van der Waals surface area contributed by atoms with E-state index in [0.717, 1.165) is 12.8 Å². The summed E-state index contributed by atoms with van der Waals surface area (Å²) in [7, 11) is 0. The fourth-order valence-electron chi connectivity index (χ4n) is 2.81. The van der Waals surface area contributed by atoms with Gasteiger partial charge in [-0.1, -0.05) is 50.1 Å². The van der Waals surface area contributed by atoms with E-state index in [1.165, 1.54) is 18.4 Å². The van der Waals surface area contributed by atoms with Crippen molar-refractivity contribution in [3.8, 4) is 0 Å². The Morgan fingerprint density at radius 3 is 2.94 bits per heavy atom. The number of fused-ring (bicyclic) bond motifs is 1. The van der Waals surface area contributed by atoms with Gasteiger partial charge in [-0.2, -0.15) is 0 Å². The first kappa shape index (κ1) is 11.4. The molecule has 1 heteroatoms. The predicted molar refractivity (Wildman–Crippen MR) is 67.1 cm³/mol. The number of unbranched alkanes of at least 4 members (excludes halogenated alkanes) is 1. The summed E-state index contributed by atoms with van der Waals surface area (Å²) < 4.78 is 0. The first-order valence-corrected chi connectivity index (χ1v) is 6.28. The van der Waals surface area contributed by atoms with E-state index in [9.17, 15) is 4.79 Å². The third-order valence-corrected chi connectivity index (χ3v) is 3.88. The number of ketones is 1. The Labute approximate surface area is 97.9 Å². The van der Waals surface area contributed by atoms with Gasteiger partial charge >= 0.3 is 0 Å². The Kier molecular flexibility index (Phi) is 3.13. The molecule has 16 heavy (non-hydrogen) atoms. The van der Waals surface area contributed by atoms with Gasteiger partial charge < -0.3 is 0 Å². The van der Waals surface area contributed by atoms with Gasteiger partial charge in [-0.05, 0) is 24.8 Å². The Balaban J connectivity index is 2.27. The van der Waals surface area contributed by atoms with Gasteiger partial charge in [-0.25, -0.2) is 0 Å². The van der Waals surface area contributed by atoms with E-state index < -0.39 is 0 Å². The van der Waals surface area contributed by atoms with Crippen molar-refractivity contribution in [3.63, 3.8) is 0 Å². The highest BCUT2D eigenvalue weighted by atomic mass is 16.1. The molecule has 0 spiro atoms. The molecule has 1 fully saturated rings. The smallest absolute Gasteiger partial charge is 0.147 e. The van der Waals surface area contributed by atoms with Crippen LogP contribution in [0.1, 0.15) is 39.5 Å². The summed E-state index contributed by atoms with van der Waals surface area (Å²) in [4.78, 5) is 12.1. The van der Waals surface area contributed by atoms with Gasteiger partial charge in [0, 0.05) is 6.42 Å². The Bertz CT molecular complexity index is 373. The Hall–Kier alpha value is -1.11. The molecule has 2 aliphatic rings. The van der Waals surface area contributed by atoms with Crippen LogP contribution in [0.15, 0.2) is 36.0 Å². The standard InChI is InChI=1S/C15H20O/c1-3-4-8-12-11-14(16)15(2)10-7-5-6-9-13(12)15/h5-7,9-10,12H,3-4,8,11H2,1-2H3/t12-,15-/m0/s1. The summed E-state index contributed by atoms with van der Waals surface area (Å²) in [5.74, 6) is 0.865. The number of hydrogen-bond acceptors (Lipinski definition) is 1. The van der Waals surface area contributed by atoms with Crippen molar-refractivity contribution in [2.24, 2.45) is 11.3 Å². The molecule has 0 bridgehead atoms. The van der Waals surface area contributed by atoms with Crippen LogP contribution in [0, 0.1) is 11.3 Å². The number of allylic oxidation sites excluding steroid dienone is 6. The van der Waals surface area contributed by atoms with Gasteiger partial charge in [-0.3, -0.25) is 4.79 Å². The molecule has 0 heterocycles. The molecule has 0 N–H and O–H groups in total. The topological polar surface area (TPSA) is 17.1 Å². The molecule has 0 unspecified atom stereocenters. The Morgan fingerprint density at radius 1 is 1.38 bits per heavy atom. The van der Waals surface area contributed by atoms with E-state index in [2.05, 4.69) is 32.1 Å². The summed E-state index contributed by atoms with van der Waals surface area (Å²) in [6.45, 7) is 4.27. The molecular weight excluding hydrogens is 196 g/mol. The maximum absolute atomic E-state index is 12.1. The van der Waals surface area contributed by atoms with Crippen LogP contribution in [0.2, 0.25) is 0 Å². The van der Waals surface area contributed by atoms with Crippen LogP contribution in [0.3, 0.4) is 0 Å². The van der Waals surface area contributed by atoms with Crippen LogP contribution in [0.4, 0.5) is 0 Å². The molecule has 1 nitrogen and oxygen atoms in total. The van der Waals surface area contributed by atoms with Gasteiger partial charge in [0.25, 0.3) is 0 Å². The molecule has 0 aromatic heterocycles. The zero-order chi connectivity index (χ0) is 11.6. The van der Waals surface area contributed by atoms with Gasteiger partial charge in [0.05, 0.1) is 5.41 Å². The van der Waals surface area contributed by atoms with Crippen LogP contribution in [0.5, 0.6) is 0 Å². The fourth-order valence-corrected chi connectivity index (χ4v) is 2.81. The monoisotopic (exact) mass is 216 g/mol. The van der Waals surface area contributed by atoms with Gasteiger partial charge in [-0.15, -0.1) is 0 Å². The zero-order valence-electron chi connectivity index (χ0n) is 10.2. The number of rotatable bonds is 3. The lowest BCUT2D eigenvalue weighted by atomic mass is 9.81. The molecule has 0 aliphatic heterocycles. The van der Waals surface area contributed by atoms with Crippen molar-refractivity contribution in [2.45, 2.75) is 39.5 Å². The molecule has 2 aliphatic carbocycles. The summed E-state index contributed by atoms with van der Waals surface area (Å²) in [5.41, 5.74) is 1.01. The highest BCUT2D eigenvalue weighted by Crippen LogP contribution is 2.47. The third-order valence-electron chi connectivity index (χ3n) is 3.88. The molecular formula is C15H20O.